The van der Waals surface area contributed by atoms with E-state index in [1.807, 2.05) is 0 Å². The summed E-state index contributed by atoms with van der Waals surface area (Å²) in [5, 5.41) is 30.4. The van der Waals surface area contributed by atoms with Crippen LogP contribution >= 0.6 is 11.6 Å². The third-order valence-corrected chi connectivity index (χ3v) is 6.12. The van der Waals surface area contributed by atoms with E-state index in [4.69, 9.17) is 16.7 Å². The second-order valence-electron chi connectivity index (χ2n) is 8.15. The number of H-pyrrole nitrogens is 1. The summed E-state index contributed by atoms with van der Waals surface area (Å²) < 4.78 is 1.45. The molecule has 12 nitrogen and oxygen atoms in total. The Labute approximate surface area is 214 Å². The minimum atomic E-state index is -1.07. The molecule has 2 aromatic heterocycles. The van der Waals surface area contributed by atoms with Gasteiger partial charge < -0.3 is 15.3 Å². The molecule has 1 aliphatic heterocycles. The van der Waals surface area contributed by atoms with Crippen LogP contribution in [0.2, 0.25) is 5.02 Å². The average molecular weight is 519 g/mol. The highest BCUT2D eigenvalue weighted by Crippen LogP contribution is 2.30. The van der Waals surface area contributed by atoms with Gasteiger partial charge in [-0.05, 0) is 59.0 Å². The number of hydrogen-bond donors (Lipinski definition) is 3. The van der Waals surface area contributed by atoms with Gasteiger partial charge >= 0.3 is 5.97 Å². The van der Waals surface area contributed by atoms with Crippen LogP contribution in [0.1, 0.15) is 33.2 Å². The minimum Gasteiger partial charge on any atom is -0.478 e. The molecular formula is C24H19ClN8O4. The summed E-state index contributed by atoms with van der Waals surface area (Å²) in [7, 11) is 0. The fourth-order valence-corrected chi connectivity index (χ4v) is 4.29. The molecule has 1 aliphatic rings. The van der Waals surface area contributed by atoms with Gasteiger partial charge in [0, 0.05) is 46.6 Å². The maximum Gasteiger partial charge on any atom is 0.335 e. The number of amides is 2. The van der Waals surface area contributed by atoms with Crippen molar-refractivity contribution in [1.82, 2.24) is 35.3 Å². The first-order valence-electron chi connectivity index (χ1n) is 11.1. The molecule has 0 saturated heterocycles. The molecule has 2 aromatic carbocycles. The van der Waals surface area contributed by atoms with Crippen molar-refractivity contribution >= 4 is 41.1 Å². The number of aromatic carboxylic acids is 1. The SMILES string of the molecule is O=C(O)c1ccc(NC(=O)C2c3cn[nH]c3CCN2C(=O)C=Cc2cc(Cl)ccc2-n2cnnn2)cc1. The summed E-state index contributed by atoms with van der Waals surface area (Å²) in [4.78, 5) is 39.3. The molecule has 2 amide bonds. The normalized spacial score (nSPS) is 14.9. The highest BCUT2D eigenvalue weighted by atomic mass is 35.5. The zero-order chi connectivity index (χ0) is 25.9. The molecule has 0 saturated carbocycles. The Morgan fingerprint density at radius 1 is 1.16 bits per heavy atom. The fourth-order valence-electron chi connectivity index (χ4n) is 4.11. The topological polar surface area (TPSA) is 159 Å². The number of fused-ring (bicyclic) bond motifs is 1. The van der Waals surface area contributed by atoms with E-state index >= 15 is 0 Å². The summed E-state index contributed by atoms with van der Waals surface area (Å²) in [6.45, 7) is 0.282. The highest BCUT2D eigenvalue weighted by molar-refractivity contribution is 6.30. The number of anilines is 1. The van der Waals surface area contributed by atoms with Crippen molar-refractivity contribution in [2.24, 2.45) is 0 Å². The van der Waals surface area contributed by atoms with Crippen LogP contribution in [0.25, 0.3) is 11.8 Å². The van der Waals surface area contributed by atoms with Crippen LogP contribution in [0.5, 0.6) is 0 Å². The molecule has 1 atom stereocenters. The molecule has 0 radical (unpaired) electrons. The lowest BCUT2D eigenvalue weighted by molar-refractivity contribution is -0.135. The number of halogens is 1. The molecule has 5 rings (SSSR count). The number of rotatable bonds is 6. The number of carbonyl (C=O) groups is 3. The second kappa shape index (κ2) is 10.0. The first-order chi connectivity index (χ1) is 17.9. The van der Waals surface area contributed by atoms with E-state index in [1.54, 1.807) is 24.3 Å². The average Bonchev–Trinajstić information content (AvgIpc) is 3.59. The summed E-state index contributed by atoms with van der Waals surface area (Å²) in [6.07, 6.45) is 6.42. The zero-order valence-corrected chi connectivity index (χ0v) is 19.8. The van der Waals surface area contributed by atoms with Gasteiger partial charge in [-0.1, -0.05) is 11.6 Å². The maximum atomic E-state index is 13.4. The summed E-state index contributed by atoms with van der Waals surface area (Å²) in [5.74, 6) is -1.92. The predicted octanol–water partition coefficient (Wildman–Crippen LogP) is 2.51. The number of nitrogens with zero attached hydrogens (tertiary/aromatic N) is 6. The van der Waals surface area contributed by atoms with E-state index in [0.29, 0.717) is 33.9 Å². The van der Waals surface area contributed by atoms with E-state index in [-0.39, 0.29) is 12.1 Å². The van der Waals surface area contributed by atoms with Crippen molar-refractivity contribution < 1.29 is 19.5 Å². The molecule has 37 heavy (non-hydrogen) atoms. The van der Waals surface area contributed by atoms with Crippen LogP contribution in [0.15, 0.2) is 61.1 Å². The first kappa shape index (κ1) is 23.9. The zero-order valence-electron chi connectivity index (χ0n) is 19.1. The van der Waals surface area contributed by atoms with E-state index in [2.05, 4.69) is 31.0 Å². The van der Waals surface area contributed by atoms with Crippen LogP contribution in [-0.2, 0) is 16.0 Å². The predicted molar refractivity (Wildman–Crippen MR) is 132 cm³/mol. The van der Waals surface area contributed by atoms with Gasteiger partial charge in [-0.25, -0.2) is 4.79 Å². The number of carbonyl (C=O) groups excluding carboxylic acids is 2. The van der Waals surface area contributed by atoms with Gasteiger partial charge in [0.2, 0.25) is 5.91 Å². The van der Waals surface area contributed by atoms with E-state index in [9.17, 15) is 14.4 Å². The molecule has 4 aromatic rings. The Morgan fingerprint density at radius 3 is 2.70 bits per heavy atom. The lowest BCUT2D eigenvalue weighted by Gasteiger charge is -2.33. The number of carboxylic acids is 1. The Hall–Kier alpha value is -4.84. The number of hydrogen-bond acceptors (Lipinski definition) is 7. The Bertz CT molecular complexity index is 1500. The molecule has 0 spiro atoms. The van der Waals surface area contributed by atoms with E-state index < -0.39 is 23.8 Å². The highest BCUT2D eigenvalue weighted by Gasteiger charge is 2.36. The van der Waals surface area contributed by atoms with Crippen LogP contribution < -0.4 is 5.32 Å². The number of carboxylic acid groups (broad SMARTS) is 1. The smallest absolute Gasteiger partial charge is 0.335 e. The van der Waals surface area contributed by atoms with Gasteiger partial charge in [0.05, 0.1) is 17.4 Å². The van der Waals surface area contributed by atoms with Crippen molar-refractivity contribution in [3.8, 4) is 5.69 Å². The molecular weight excluding hydrogens is 500 g/mol. The molecule has 186 valence electrons. The Morgan fingerprint density at radius 2 is 1.97 bits per heavy atom. The molecule has 3 N–H and O–H groups in total. The number of aromatic nitrogens is 6. The van der Waals surface area contributed by atoms with E-state index in [0.717, 1.165) is 5.69 Å². The van der Waals surface area contributed by atoms with Gasteiger partial charge in [0.15, 0.2) is 0 Å². The van der Waals surface area contributed by atoms with Gasteiger partial charge in [0.25, 0.3) is 5.91 Å². The largest absolute Gasteiger partial charge is 0.478 e. The summed E-state index contributed by atoms with van der Waals surface area (Å²) >= 11 is 6.17. The van der Waals surface area contributed by atoms with Crippen molar-refractivity contribution in [2.75, 3.05) is 11.9 Å². The summed E-state index contributed by atoms with van der Waals surface area (Å²) in [6, 6.07) is 9.91. The number of nitrogens with one attached hydrogen (secondary N) is 2. The number of tetrazole rings is 1. The second-order valence-corrected chi connectivity index (χ2v) is 8.59. The van der Waals surface area contributed by atoms with Crippen molar-refractivity contribution in [3.05, 3.63) is 88.5 Å². The third-order valence-electron chi connectivity index (χ3n) is 5.88. The maximum absolute atomic E-state index is 13.4. The monoisotopic (exact) mass is 518 g/mol. The lowest BCUT2D eigenvalue weighted by Crippen LogP contribution is -2.44. The van der Waals surface area contributed by atoms with Crippen LogP contribution in [0.4, 0.5) is 5.69 Å². The molecule has 0 aliphatic carbocycles. The molecule has 1 unspecified atom stereocenters. The van der Waals surface area contributed by atoms with Gasteiger partial charge in [-0.3, -0.25) is 14.7 Å². The van der Waals surface area contributed by atoms with E-state index in [1.165, 1.54) is 52.4 Å². The Kier molecular flexibility index (Phi) is 6.47. The van der Waals surface area contributed by atoms with Crippen LogP contribution in [-0.4, -0.2) is 64.7 Å². The quantitative estimate of drug-likeness (QED) is 0.328. The number of benzene rings is 2. The van der Waals surface area contributed by atoms with Crippen LogP contribution in [0, 0.1) is 0 Å². The van der Waals surface area contributed by atoms with Crippen molar-refractivity contribution in [2.45, 2.75) is 12.5 Å². The molecule has 3 heterocycles. The van der Waals surface area contributed by atoms with Gasteiger partial charge in [0.1, 0.15) is 12.4 Å². The Balaban J connectivity index is 1.41. The molecule has 13 heteroatoms. The van der Waals surface area contributed by atoms with Crippen LogP contribution in [0.3, 0.4) is 0 Å². The lowest BCUT2D eigenvalue weighted by atomic mass is 9.98. The van der Waals surface area contributed by atoms with Gasteiger partial charge in [-0.15, -0.1) is 5.10 Å². The summed E-state index contributed by atoms with van der Waals surface area (Å²) in [5.41, 5.74) is 3.08. The van der Waals surface area contributed by atoms with Gasteiger partial charge in [-0.2, -0.15) is 9.78 Å². The molecule has 0 fully saturated rings. The van der Waals surface area contributed by atoms with Crippen molar-refractivity contribution in [3.63, 3.8) is 0 Å². The molecule has 0 bridgehead atoms. The minimum absolute atomic E-state index is 0.0942. The fraction of sp³-hybridized carbons (Fsp3) is 0.125. The third kappa shape index (κ3) is 4.95. The van der Waals surface area contributed by atoms with Crippen molar-refractivity contribution in [1.29, 1.82) is 0 Å². The first-order valence-corrected chi connectivity index (χ1v) is 11.5. The standard InChI is InChI=1S/C24H19ClN8O4/c25-16-4-7-20(33-13-27-30-31-33)15(11-16)3-8-21(34)32-10-9-19-18(12-26-29-19)22(32)23(35)28-17-5-1-14(2-6-17)24(36)37/h1-8,11-13,22H,9-10H2,(H,26,29)(H,28,35)(H,36,37). The number of aromatic amines is 1.